The van der Waals surface area contributed by atoms with Crippen LogP contribution in [0.2, 0.25) is 0 Å². The first-order valence-corrected chi connectivity index (χ1v) is 9.72. The molecule has 8 heteroatoms. The van der Waals surface area contributed by atoms with E-state index in [1.807, 2.05) is 12.1 Å². The van der Waals surface area contributed by atoms with Crippen LogP contribution < -0.4 is 10.4 Å². The van der Waals surface area contributed by atoms with Crippen molar-refractivity contribution < 1.29 is 18.5 Å². The van der Waals surface area contributed by atoms with E-state index in [0.29, 0.717) is 23.0 Å². The van der Waals surface area contributed by atoms with Crippen LogP contribution in [-0.4, -0.2) is 34.1 Å². The molecule has 1 aromatic carbocycles. The maximum atomic E-state index is 12.6. The number of amides is 1. The fourth-order valence-electron chi connectivity index (χ4n) is 3.75. The van der Waals surface area contributed by atoms with E-state index in [4.69, 9.17) is 13.7 Å². The molecule has 2 aromatic heterocycles. The zero-order valence-electron chi connectivity index (χ0n) is 16.7. The van der Waals surface area contributed by atoms with Crippen molar-refractivity contribution in [1.82, 2.24) is 15.0 Å². The average Bonchev–Trinajstić information content (AvgIpc) is 3.12. The van der Waals surface area contributed by atoms with Crippen LogP contribution in [0.4, 0.5) is 0 Å². The lowest BCUT2D eigenvalue weighted by Gasteiger charge is -2.21. The highest BCUT2D eigenvalue weighted by Crippen LogP contribution is 2.29. The van der Waals surface area contributed by atoms with E-state index in [1.54, 1.807) is 27.0 Å². The third kappa shape index (κ3) is 3.87. The Morgan fingerprint density at radius 2 is 2.03 bits per heavy atom. The lowest BCUT2D eigenvalue weighted by Crippen LogP contribution is -2.37. The number of rotatable bonds is 5. The van der Waals surface area contributed by atoms with Gasteiger partial charge >= 0.3 is 5.63 Å². The van der Waals surface area contributed by atoms with Gasteiger partial charge in [-0.25, -0.2) is 4.79 Å². The van der Waals surface area contributed by atoms with Crippen LogP contribution in [0, 0.1) is 6.92 Å². The second-order valence-corrected chi connectivity index (χ2v) is 7.40. The van der Waals surface area contributed by atoms with E-state index in [0.717, 1.165) is 42.2 Å². The molecule has 0 saturated carbocycles. The van der Waals surface area contributed by atoms with Crippen LogP contribution in [0.15, 0.2) is 31.9 Å². The van der Waals surface area contributed by atoms with Crippen LogP contribution in [0.3, 0.4) is 0 Å². The highest BCUT2D eigenvalue weighted by atomic mass is 16.5. The third-order valence-electron chi connectivity index (χ3n) is 5.17. The van der Waals surface area contributed by atoms with Gasteiger partial charge in [0.2, 0.25) is 5.89 Å². The Kier molecular flexibility index (Phi) is 5.08. The Labute approximate surface area is 167 Å². The number of aromatic nitrogens is 2. The van der Waals surface area contributed by atoms with Crippen LogP contribution in [0.1, 0.15) is 42.6 Å². The first-order valence-electron chi connectivity index (χ1n) is 9.72. The fourth-order valence-corrected chi connectivity index (χ4v) is 3.75. The summed E-state index contributed by atoms with van der Waals surface area (Å²) in [6.07, 6.45) is 3.00. The van der Waals surface area contributed by atoms with E-state index in [1.165, 1.54) is 4.90 Å². The predicted octanol–water partition coefficient (Wildman–Crippen LogP) is 2.79. The van der Waals surface area contributed by atoms with Gasteiger partial charge in [0.1, 0.15) is 11.3 Å². The van der Waals surface area contributed by atoms with E-state index in [-0.39, 0.29) is 18.1 Å². The molecule has 1 atom stereocenters. The van der Waals surface area contributed by atoms with Crippen molar-refractivity contribution in [3.8, 4) is 5.75 Å². The van der Waals surface area contributed by atoms with Gasteiger partial charge in [0, 0.05) is 24.1 Å². The highest BCUT2D eigenvalue weighted by Gasteiger charge is 2.22. The number of carbonyl (C=O) groups excluding carboxylic acids is 1. The molecule has 1 amide bonds. The van der Waals surface area contributed by atoms with E-state index in [9.17, 15) is 9.59 Å². The summed E-state index contributed by atoms with van der Waals surface area (Å²) in [5.41, 5.74) is 2.08. The van der Waals surface area contributed by atoms with Gasteiger partial charge in [-0.15, -0.1) is 0 Å². The van der Waals surface area contributed by atoms with Crippen molar-refractivity contribution in [1.29, 1.82) is 0 Å². The minimum absolute atomic E-state index is 0.201. The Morgan fingerprint density at radius 1 is 1.28 bits per heavy atom. The summed E-state index contributed by atoms with van der Waals surface area (Å²) < 4.78 is 16.4. The Morgan fingerprint density at radius 3 is 2.76 bits per heavy atom. The zero-order valence-corrected chi connectivity index (χ0v) is 16.7. The lowest BCUT2D eigenvalue weighted by molar-refractivity contribution is -0.137. The maximum absolute atomic E-state index is 12.6. The number of fused-ring (bicyclic) bond motifs is 3. The zero-order chi connectivity index (χ0) is 20.5. The smallest absolute Gasteiger partial charge is 0.339 e. The van der Waals surface area contributed by atoms with Crippen molar-refractivity contribution >= 4 is 16.9 Å². The highest BCUT2D eigenvalue weighted by molar-refractivity contribution is 5.83. The summed E-state index contributed by atoms with van der Waals surface area (Å²) in [7, 11) is 1.65. The average molecular weight is 397 g/mol. The largest absolute Gasteiger partial charge is 0.481 e. The Bertz CT molecular complexity index is 1120. The molecule has 4 rings (SSSR count). The molecule has 0 N–H and O–H groups in total. The SMILES string of the molecule is Cc1noc(CN(C)C(=O)C(C)Oc2ccc3c4c(c(=O)oc3c2)CCCC4)n1. The number of hydrogen-bond acceptors (Lipinski definition) is 7. The molecule has 1 aliphatic carbocycles. The molecule has 0 spiro atoms. The molecule has 2 heterocycles. The van der Waals surface area contributed by atoms with Gasteiger partial charge in [-0.2, -0.15) is 4.98 Å². The molecular weight excluding hydrogens is 374 g/mol. The Balaban J connectivity index is 1.51. The maximum Gasteiger partial charge on any atom is 0.339 e. The molecule has 1 aliphatic rings. The number of likely N-dealkylation sites (N-methyl/N-ethyl adjacent to an activating group) is 1. The van der Waals surface area contributed by atoms with Gasteiger partial charge in [0.15, 0.2) is 11.9 Å². The summed E-state index contributed by atoms with van der Waals surface area (Å²) >= 11 is 0. The lowest BCUT2D eigenvalue weighted by atomic mass is 9.91. The number of aryl methyl sites for hydroxylation is 2. The number of carbonyl (C=O) groups is 1. The van der Waals surface area contributed by atoms with Gasteiger partial charge in [0.05, 0.1) is 6.54 Å². The molecule has 8 nitrogen and oxygen atoms in total. The van der Waals surface area contributed by atoms with Gasteiger partial charge in [0.25, 0.3) is 5.91 Å². The van der Waals surface area contributed by atoms with Crippen molar-refractivity contribution in [2.45, 2.75) is 52.2 Å². The summed E-state index contributed by atoms with van der Waals surface area (Å²) in [4.78, 5) is 30.5. The quantitative estimate of drug-likeness (QED) is 0.611. The molecule has 3 aromatic rings. The molecular formula is C21H23N3O5. The molecule has 152 valence electrons. The van der Waals surface area contributed by atoms with Gasteiger partial charge in [-0.05, 0) is 57.2 Å². The van der Waals surface area contributed by atoms with E-state index < -0.39 is 6.10 Å². The van der Waals surface area contributed by atoms with Crippen molar-refractivity contribution in [3.05, 3.63) is 51.5 Å². The van der Waals surface area contributed by atoms with Gasteiger partial charge in [-0.3, -0.25) is 4.79 Å². The third-order valence-corrected chi connectivity index (χ3v) is 5.17. The number of nitrogens with zero attached hydrogens (tertiary/aromatic N) is 3. The topological polar surface area (TPSA) is 98.7 Å². The molecule has 0 aliphatic heterocycles. The van der Waals surface area contributed by atoms with Crippen LogP contribution in [0.5, 0.6) is 5.75 Å². The normalized spacial score (nSPS) is 14.4. The Hall–Kier alpha value is -3.16. The van der Waals surface area contributed by atoms with Gasteiger partial charge in [-0.1, -0.05) is 5.16 Å². The van der Waals surface area contributed by atoms with Gasteiger partial charge < -0.3 is 18.6 Å². The summed E-state index contributed by atoms with van der Waals surface area (Å²) in [6.45, 7) is 3.59. The summed E-state index contributed by atoms with van der Waals surface area (Å²) in [5, 5.41) is 4.66. The standard InChI is InChI=1S/C21H23N3O5/c1-12(20(25)24(3)11-19-22-13(2)23-29-19)27-14-8-9-16-15-6-4-5-7-17(15)21(26)28-18(16)10-14/h8-10,12H,4-7,11H2,1-3H3. The van der Waals surface area contributed by atoms with Crippen molar-refractivity contribution in [3.63, 3.8) is 0 Å². The number of ether oxygens (including phenoxy) is 1. The molecule has 0 radical (unpaired) electrons. The minimum atomic E-state index is -0.731. The molecule has 0 fully saturated rings. The molecule has 0 bridgehead atoms. The van der Waals surface area contributed by atoms with Crippen LogP contribution >= 0.6 is 0 Å². The monoisotopic (exact) mass is 397 g/mol. The summed E-state index contributed by atoms with van der Waals surface area (Å²) in [6, 6.07) is 5.39. The minimum Gasteiger partial charge on any atom is -0.481 e. The number of benzene rings is 1. The predicted molar refractivity (Wildman–Crippen MR) is 105 cm³/mol. The number of hydrogen-bond donors (Lipinski definition) is 0. The van der Waals surface area contributed by atoms with Crippen molar-refractivity contribution in [2.24, 2.45) is 0 Å². The van der Waals surface area contributed by atoms with Crippen LogP contribution in [0.25, 0.3) is 11.0 Å². The van der Waals surface area contributed by atoms with E-state index >= 15 is 0 Å². The molecule has 29 heavy (non-hydrogen) atoms. The first kappa shape index (κ1) is 19.2. The van der Waals surface area contributed by atoms with Crippen LogP contribution in [-0.2, 0) is 24.2 Å². The molecule has 0 saturated heterocycles. The van der Waals surface area contributed by atoms with E-state index in [2.05, 4.69) is 10.1 Å². The second kappa shape index (κ2) is 7.69. The molecule has 1 unspecified atom stereocenters. The first-order chi connectivity index (χ1) is 13.9. The van der Waals surface area contributed by atoms with Crippen molar-refractivity contribution in [2.75, 3.05) is 7.05 Å². The summed E-state index contributed by atoms with van der Waals surface area (Å²) in [5.74, 6) is 1.12. The fraction of sp³-hybridized carbons (Fsp3) is 0.429. The second-order valence-electron chi connectivity index (χ2n) is 7.40.